The molecule has 3 heterocycles. The summed E-state index contributed by atoms with van der Waals surface area (Å²) in [7, 11) is 1.90. The second-order valence-corrected chi connectivity index (χ2v) is 7.47. The molecule has 0 bridgehead atoms. The maximum atomic E-state index is 12.7. The molecule has 28 heavy (non-hydrogen) atoms. The van der Waals surface area contributed by atoms with Crippen molar-refractivity contribution < 1.29 is 10.0 Å². The summed E-state index contributed by atoms with van der Waals surface area (Å²) in [5, 5.41) is 12.2. The molecule has 0 spiro atoms. The van der Waals surface area contributed by atoms with E-state index in [2.05, 4.69) is 27.1 Å². The van der Waals surface area contributed by atoms with Crippen molar-refractivity contribution in [1.82, 2.24) is 9.47 Å². The number of aryl methyl sites for hydroxylation is 1. The highest BCUT2D eigenvalue weighted by atomic mass is 16.4. The molecule has 1 N–H and O–H groups in total. The quantitative estimate of drug-likeness (QED) is 0.502. The summed E-state index contributed by atoms with van der Waals surface area (Å²) in [5.41, 5.74) is 3.95. The van der Waals surface area contributed by atoms with Crippen LogP contribution in [0.2, 0.25) is 0 Å². The molecule has 0 aliphatic carbocycles. The lowest BCUT2D eigenvalue weighted by atomic mass is 10.1. The predicted octanol–water partition coefficient (Wildman–Crippen LogP) is 2.40. The zero-order valence-corrected chi connectivity index (χ0v) is 16.3. The molecule has 4 rings (SSSR count). The summed E-state index contributed by atoms with van der Waals surface area (Å²) in [5.74, 6) is 0.0967. The van der Waals surface area contributed by atoms with Gasteiger partial charge in [0, 0.05) is 69.5 Å². The molecule has 1 aromatic heterocycles. The van der Waals surface area contributed by atoms with Crippen molar-refractivity contribution in [1.29, 1.82) is 0 Å². The van der Waals surface area contributed by atoms with Gasteiger partial charge in [0.25, 0.3) is 5.91 Å². The second-order valence-electron chi connectivity index (χ2n) is 7.47. The topological polar surface area (TPSA) is 64.3 Å². The molecule has 0 saturated carbocycles. The molecule has 2 fully saturated rings. The van der Waals surface area contributed by atoms with Crippen molar-refractivity contribution in [2.24, 2.45) is 12.2 Å². The Bertz CT molecular complexity index is 861. The first kappa shape index (κ1) is 18.4. The monoisotopic (exact) mass is 381 g/mol. The van der Waals surface area contributed by atoms with E-state index in [0.717, 1.165) is 48.8 Å². The number of anilines is 2. The Morgan fingerprint density at radius 3 is 2.43 bits per heavy atom. The third kappa shape index (κ3) is 3.56. The number of benzene rings is 1. The molecule has 1 amide bonds. The molecule has 0 atom stereocenters. The second kappa shape index (κ2) is 7.96. The summed E-state index contributed by atoms with van der Waals surface area (Å²) in [6.07, 6.45) is 5.80. The van der Waals surface area contributed by atoms with E-state index >= 15 is 0 Å². The van der Waals surface area contributed by atoms with E-state index in [1.165, 1.54) is 19.1 Å². The van der Waals surface area contributed by atoms with Crippen LogP contribution >= 0.6 is 0 Å². The predicted molar refractivity (Wildman–Crippen MR) is 111 cm³/mol. The minimum Gasteiger partial charge on any atom is -0.411 e. The number of piperazine rings is 1. The number of aromatic nitrogens is 1. The van der Waals surface area contributed by atoms with Crippen molar-refractivity contribution in [2.75, 3.05) is 49.1 Å². The molecular formula is C21H27N5O2. The number of carbonyl (C=O) groups excluding carboxylic acids is 1. The Labute approximate surface area is 165 Å². The van der Waals surface area contributed by atoms with Crippen LogP contribution in [-0.2, 0) is 7.05 Å². The van der Waals surface area contributed by atoms with Gasteiger partial charge in [-0.3, -0.25) is 4.79 Å². The van der Waals surface area contributed by atoms with Crippen LogP contribution in [-0.4, -0.2) is 66.1 Å². The molecular weight excluding hydrogens is 354 g/mol. The summed E-state index contributed by atoms with van der Waals surface area (Å²) < 4.78 is 1.87. The third-order valence-electron chi connectivity index (χ3n) is 5.75. The number of hydrogen-bond donors (Lipinski definition) is 1. The van der Waals surface area contributed by atoms with E-state index in [0.29, 0.717) is 13.1 Å². The number of oxime groups is 1. The van der Waals surface area contributed by atoms with E-state index in [9.17, 15) is 4.79 Å². The fourth-order valence-electron chi connectivity index (χ4n) is 4.15. The molecule has 148 valence electrons. The van der Waals surface area contributed by atoms with Crippen molar-refractivity contribution in [3.8, 4) is 0 Å². The maximum Gasteiger partial charge on any atom is 0.270 e. The highest BCUT2D eigenvalue weighted by Crippen LogP contribution is 2.29. The van der Waals surface area contributed by atoms with Crippen molar-refractivity contribution in [2.45, 2.75) is 12.8 Å². The average molecular weight is 381 g/mol. The molecule has 0 radical (unpaired) electrons. The van der Waals surface area contributed by atoms with E-state index in [4.69, 9.17) is 5.21 Å². The zero-order chi connectivity index (χ0) is 19.5. The van der Waals surface area contributed by atoms with Gasteiger partial charge in [-0.05, 0) is 43.2 Å². The Kier molecular flexibility index (Phi) is 5.23. The van der Waals surface area contributed by atoms with Gasteiger partial charge in [0.15, 0.2) is 0 Å². The van der Waals surface area contributed by atoms with Gasteiger partial charge >= 0.3 is 0 Å². The van der Waals surface area contributed by atoms with Crippen LogP contribution in [0.4, 0.5) is 11.4 Å². The van der Waals surface area contributed by atoms with Gasteiger partial charge in [0.2, 0.25) is 0 Å². The van der Waals surface area contributed by atoms with E-state index in [1.54, 1.807) is 0 Å². The lowest BCUT2D eigenvalue weighted by Gasteiger charge is -2.36. The summed E-state index contributed by atoms with van der Waals surface area (Å²) >= 11 is 0. The highest BCUT2D eigenvalue weighted by Gasteiger charge is 2.24. The number of rotatable bonds is 4. The Balaban J connectivity index is 1.48. The van der Waals surface area contributed by atoms with Gasteiger partial charge in [-0.2, -0.15) is 0 Å². The molecule has 2 aliphatic heterocycles. The summed E-state index contributed by atoms with van der Waals surface area (Å²) in [6.45, 7) is 5.11. The number of hydrogen-bond acceptors (Lipinski definition) is 5. The van der Waals surface area contributed by atoms with Crippen LogP contribution in [0.3, 0.4) is 0 Å². The fourth-order valence-corrected chi connectivity index (χ4v) is 4.15. The van der Waals surface area contributed by atoms with Gasteiger partial charge in [-0.25, -0.2) is 0 Å². The van der Waals surface area contributed by atoms with E-state index in [-0.39, 0.29) is 5.91 Å². The standard InChI is InChI=1S/C21H27N5O2/c1-23-8-4-5-19(23)21(27)26-13-11-24(12-14-26)18-7-6-17(16-22-28)20(15-18)25-9-2-3-10-25/h4-8,15-16,28H,2-3,9-14H2,1H3/b22-16+. The van der Waals surface area contributed by atoms with Crippen LogP contribution in [0.1, 0.15) is 28.9 Å². The van der Waals surface area contributed by atoms with Gasteiger partial charge in [0.05, 0.1) is 6.21 Å². The lowest BCUT2D eigenvalue weighted by Crippen LogP contribution is -2.49. The van der Waals surface area contributed by atoms with E-state index in [1.807, 2.05) is 40.9 Å². The molecule has 2 saturated heterocycles. The first-order valence-electron chi connectivity index (χ1n) is 9.89. The first-order valence-corrected chi connectivity index (χ1v) is 9.89. The molecule has 0 unspecified atom stereocenters. The van der Waals surface area contributed by atoms with E-state index < -0.39 is 0 Å². The normalized spacial score (nSPS) is 17.7. The first-order chi connectivity index (χ1) is 13.7. The Morgan fingerprint density at radius 1 is 1.04 bits per heavy atom. The van der Waals surface area contributed by atoms with Crippen LogP contribution < -0.4 is 9.80 Å². The highest BCUT2D eigenvalue weighted by molar-refractivity contribution is 5.93. The van der Waals surface area contributed by atoms with Crippen molar-refractivity contribution >= 4 is 23.5 Å². The third-order valence-corrected chi connectivity index (χ3v) is 5.75. The molecule has 7 nitrogen and oxygen atoms in total. The fraction of sp³-hybridized carbons (Fsp3) is 0.429. The van der Waals surface area contributed by atoms with Gasteiger partial charge < -0.3 is 24.5 Å². The average Bonchev–Trinajstić information content (AvgIpc) is 3.40. The van der Waals surface area contributed by atoms with Crippen LogP contribution in [0.15, 0.2) is 41.7 Å². The van der Waals surface area contributed by atoms with Crippen molar-refractivity contribution in [3.05, 3.63) is 47.8 Å². The molecule has 7 heteroatoms. The Morgan fingerprint density at radius 2 is 1.79 bits per heavy atom. The molecule has 1 aromatic carbocycles. The molecule has 2 aromatic rings. The molecule has 2 aliphatic rings. The van der Waals surface area contributed by atoms with Crippen molar-refractivity contribution in [3.63, 3.8) is 0 Å². The number of amides is 1. The maximum absolute atomic E-state index is 12.7. The van der Waals surface area contributed by atoms with Crippen LogP contribution in [0.25, 0.3) is 0 Å². The zero-order valence-electron chi connectivity index (χ0n) is 16.3. The minimum atomic E-state index is 0.0967. The van der Waals surface area contributed by atoms with Gasteiger partial charge in [-0.1, -0.05) is 5.16 Å². The number of carbonyl (C=O) groups is 1. The van der Waals surface area contributed by atoms with Gasteiger partial charge in [-0.15, -0.1) is 0 Å². The SMILES string of the molecule is Cn1cccc1C(=O)N1CCN(c2ccc(/C=N/O)c(N3CCCC3)c2)CC1. The Hall–Kier alpha value is -2.96. The number of nitrogens with zero attached hydrogens (tertiary/aromatic N) is 5. The lowest BCUT2D eigenvalue weighted by molar-refractivity contribution is 0.0737. The largest absolute Gasteiger partial charge is 0.411 e. The van der Waals surface area contributed by atoms with Crippen LogP contribution in [0, 0.1) is 0 Å². The van der Waals surface area contributed by atoms with Crippen LogP contribution in [0.5, 0.6) is 0 Å². The van der Waals surface area contributed by atoms with Gasteiger partial charge in [0.1, 0.15) is 5.69 Å². The summed E-state index contributed by atoms with van der Waals surface area (Å²) in [4.78, 5) is 19.3. The minimum absolute atomic E-state index is 0.0967. The summed E-state index contributed by atoms with van der Waals surface area (Å²) in [6, 6.07) is 10.1. The smallest absolute Gasteiger partial charge is 0.270 e.